The quantitative estimate of drug-likeness (QED) is 0.886. The number of rotatable bonds is 4. The molecular formula is C14H19ClO2. The summed E-state index contributed by atoms with van der Waals surface area (Å²) in [5.41, 5.74) is 0.772. The predicted octanol–water partition coefficient (Wildman–Crippen LogP) is 3.79. The lowest BCUT2D eigenvalue weighted by Crippen LogP contribution is -2.15. The van der Waals surface area contributed by atoms with Gasteiger partial charge in [-0.25, -0.2) is 0 Å². The van der Waals surface area contributed by atoms with Crippen molar-refractivity contribution in [3.8, 4) is 5.75 Å². The molecule has 1 aliphatic carbocycles. The van der Waals surface area contributed by atoms with Crippen LogP contribution in [0.5, 0.6) is 5.75 Å². The van der Waals surface area contributed by atoms with Crippen molar-refractivity contribution in [2.24, 2.45) is 5.92 Å². The van der Waals surface area contributed by atoms with Gasteiger partial charge in [0.05, 0.1) is 13.2 Å². The number of hydrogen-bond donors (Lipinski definition) is 1. The number of benzene rings is 1. The van der Waals surface area contributed by atoms with Gasteiger partial charge in [0, 0.05) is 10.6 Å². The van der Waals surface area contributed by atoms with E-state index in [1.54, 1.807) is 12.1 Å². The topological polar surface area (TPSA) is 29.5 Å². The fourth-order valence-electron chi connectivity index (χ4n) is 2.37. The molecule has 0 unspecified atom stereocenters. The van der Waals surface area contributed by atoms with E-state index in [-0.39, 0.29) is 6.61 Å². The second-order valence-corrected chi connectivity index (χ2v) is 5.16. The zero-order chi connectivity index (χ0) is 12.1. The second kappa shape index (κ2) is 6.27. The van der Waals surface area contributed by atoms with Crippen molar-refractivity contribution < 1.29 is 9.84 Å². The van der Waals surface area contributed by atoms with E-state index in [1.165, 1.54) is 32.1 Å². The third-order valence-electron chi connectivity index (χ3n) is 3.39. The summed E-state index contributed by atoms with van der Waals surface area (Å²) in [5.74, 6) is 1.44. The molecule has 0 heterocycles. The van der Waals surface area contributed by atoms with Crippen LogP contribution < -0.4 is 4.74 Å². The van der Waals surface area contributed by atoms with Crippen LogP contribution in [0.25, 0.3) is 0 Å². The highest BCUT2D eigenvalue weighted by molar-refractivity contribution is 6.30. The molecule has 1 aliphatic rings. The van der Waals surface area contributed by atoms with Gasteiger partial charge in [0.1, 0.15) is 5.75 Å². The van der Waals surface area contributed by atoms with E-state index >= 15 is 0 Å². The summed E-state index contributed by atoms with van der Waals surface area (Å²) in [6.45, 7) is 0.731. The summed E-state index contributed by atoms with van der Waals surface area (Å²) < 4.78 is 5.80. The third-order valence-corrected chi connectivity index (χ3v) is 3.63. The van der Waals surface area contributed by atoms with E-state index in [0.717, 1.165) is 17.9 Å². The van der Waals surface area contributed by atoms with E-state index in [0.29, 0.717) is 10.9 Å². The van der Waals surface area contributed by atoms with Crippen LogP contribution in [0, 0.1) is 5.92 Å². The van der Waals surface area contributed by atoms with E-state index in [4.69, 9.17) is 16.3 Å². The Morgan fingerprint density at radius 1 is 1.24 bits per heavy atom. The van der Waals surface area contributed by atoms with E-state index in [1.807, 2.05) is 6.07 Å². The molecule has 2 nitrogen and oxygen atoms in total. The highest BCUT2D eigenvalue weighted by Gasteiger charge is 2.14. The smallest absolute Gasteiger partial charge is 0.124 e. The van der Waals surface area contributed by atoms with Crippen LogP contribution >= 0.6 is 11.6 Å². The molecule has 0 amide bonds. The molecule has 0 spiro atoms. The molecule has 0 aliphatic heterocycles. The normalized spacial score (nSPS) is 17.1. The lowest BCUT2D eigenvalue weighted by atomic mass is 9.90. The molecule has 1 fully saturated rings. The van der Waals surface area contributed by atoms with Crippen LogP contribution in [0.3, 0.4) is 0 Å². The van der Waals surface area contributed by atoms with Crippen molar-refractivity contribution in [2.75, 3.05) is 6.61 Å². The van der Waals surface area contributed by atoms with Gasteiger partial charge >= 0.3 is 0 Å². The molecule has 0 atom stereocenters. The summed E-state index contributed by atoms with van der Waals surface area (Å²) in [6.07, 6.45) is 6.53. The maximum absolute atomic E-state index is 9.24. The fraction of sp³-hybridized carbons (Fsp3) is 0.571. The van der Waals surface area contributed by atoms with Crippen molar-refractivity contribution in [3.05, 3.63) is 28.8 Å². The average Bonchev–Trinajstić information content (AvgIpc) is 2.38. The van der Waals surface area contributed by atoms with Crippen molar-refractivity contribution in [3.63, 3.8) is 0 Å². The molecule has 0 saturated heterocycles. The number of hydrogen-bond acceptors (Lipinski definition) is 2. The Morgan fingerprint density at radius 2 is 2.00 bits per heavy atom. The Hall–Kier alpha value is -0.730. The van der Waals surface area contributed by atoms with Crippen LogP contribution in [0.15, 0.2) is 18.2 Å². The largest absolute Gasteiger partial charge is 0.493 e. The van der Waals surface area contributed by atoms with Crippen molar-refractivity contribution in [1.82, 2.24) is 0 Å². The Labute approximate surface area is 108 Å². The van der Waals surface area contributed by atoms with Gasteiger partial charge in [0.15, 0.2) is 0 Å². The highest BCUT2D eigenvalue weighted by Crippen LogP contribution is 2.27. The van der Waals surface area contributed by atoms with E-state index < -0.39 is 0 Å². The summed E-state index contributed by atoms with van der Waals surface area (Å²) in [6, 6.07) is 5.41. The molecule has 1 N–H and O–H groups in total. The van der Waals surface area contributed by atoms with Crippen LogP contribution in [0.1, 0.15) is 37.7 Å². The molecule has 0 bridgehead atoms. The van der Waals surface area contributed by atoms with Gasteiger partial charge in [-0.05, 0) is 37.0 Å². The molecule has 1 aromatic rings. The predicted molar refractivity (Wildman–Crippen MR) is 69.4 cm³/mol. The van der Waals surface area contributed by atoms with E-state index in [9.17, 15) is 5.11 Å². The molecule has 1 saturated carbocycles. The van der Waals surface area contributed by atoms with Crippen LogP contribution in [0.2, 0.25) is 5.02 Å². The van der Waals surface area contributed by atoms with Crippen molar-refractivity contribution in [2.45, 2.75) is 38.7 Å². The molecule has 3 heteroatoms. The summed E-state index contributed by atoms with van der Waals surface area (Å²) >= 11 is 5.88. The molecule has 17 heavy (non-hydrogen) atoms. The number of aliphatic hydroxyl groups is 1. The van der Waals surface area contributed by atoms with Gasteiger partial charge in [-0.1, -0.05) is 30.9 Å². The van der Waals surface area contributed by atoms with Gasteiger partial charge in [-0.3, -0.25) is 0 Å². The minimum atomic E-state index is -0.0272. The summed E-state index contributed by atoms with van der Waals surface area (Å²) in [7, 11) is 0. The molecule has 0 aromatic heterocycles. The van der Waals surface area contributed by atoms with Crippen LogP contribution in [-0.4, -0.2) is 11.7 Å². The van der Waals surface area contributed by atoms with Crippen LogP contribution in [-0.2, 0) is 6.61 Å². The van der Waals surface area contributed by atoms with Gasteiger partial charge in [0.25, 0.3) is 0 Å². The Morgan fingerprint density at radius 3 is 2.71 bits per heavy atom. The maximum Gasteiger partial charge on any atom is 0.124 e. The first-order chi connectivity index (χ1) is 8.29. The molecule has 0 radical (unpaired) electrons. The minimum absolute atomic E-state index is 0.0272. The standard InChI is InChI=1S/C14H19ClO2/c15-13-6-7-14(12(8-13)9-16)17-10-11-4-2-1-3-5-11/h6-8,11,16H,1-5,9-10H2. The summed E-state index contributed by atoms with van der Waals surface area (Å²) in [5, 5.41) is 9.88. The van der Waals surface area contributed by atoms with E-state index in [2.05, 4.69) is 0 Å². The Bertz CT molecular complexity index is 359. The second-order valence-electron chi connectivity index (χ2n) is 4.73. The first-order valence-electron chi connectivity index (χ1n) is 6.31. The molecular weight excluding hydrogens is 236 g/mol. The van der Waals surface area contributed by atoms with Crippen molar-refractivity contribution in [1.29, 1.82) is 0 Å². The van der Waals surface area contributed by atoms with Crippen molar-refractivity contribution >= 4 is 11.6 Å². The fourth-order valence-corrected chi connectivity index (χ4v) is 2.57. The van der Waals surface area contributed by atoms with Gasteiger partial charge in [0.2, 0.25) is 0 Å². The molecule has 94 valence electrons. The zero-order valence-electron chi connectivity index (χ0n) is 9.99. The number of ether oxygens (including phenoxy) is 1. The first kappa shape index (κ1) is 12.7. The first-order valence-corrected chi connectivity index (χ1v) is 6.69. The number of aliphatic hydroxyl groups excluding tert-OH is 1. The SMILES string of the molecule is OCc1cc(Cl)ccc1OCC1CCCCC1. The molecule has 2 rings (SSSR count). The van der Waals surface area contributed by atoms with Gasteiger partial charge < -0.3 is 9.84 Å². The molecule has 1 aromatic carbocycles. The monoisotopic (exact) mass is 254 g/mol. The highest BCUT2D eigenvalue weighted by atomic mass is 35.5. The zero-order valence-corrected chi connectivity index (χ0v) is 10.7. The Kier molecular flexibility index (Phi) is 4.69. The lowest BCUT2D eigenvalue weighted by Gasteiger charge is -2.22. The van der Waals surface area contributed by atoms with Gasteiger partial charge in [-0.2, -0.15) is 0 Å². The third kappa shape index (κ3) is 3.62. The van der Waals surface area contributed by atoms with Gasteiger partial charge in [-0.15, -0.1) is 0 Å². The minimum Gasteiger partial charge on any atom is -0.493 e. The number of halogens is 1. The Balaban J connectivity index is 1.93. The summed E-state index contributed by atoms with van der Waals surface area (Å²) in [4.78, 5) is 0. The average molecular weight is 255 g/mol. The maximum atomic E-state index is 9.24. The van der Waals surface area contributed by atoms with Crippen LogP contribution in [0.4, 0.5) is 0 Å². The lowest BCUT2D eigenvalue weighted by molar-refractivity contribution is 0.201.